The zero-order valence-corrected chi connectivity index (χ0v) is 12.1. The van der Waals surface area contributed by atoms with Gasteiger partial charge in [-0.1, -0.05) is 31.2 Å². The predicted molar refractivity (Wildman–Crippen MR) is 85.5 cm³/mol. The van der Waals surface area contributed by atoms with Gasteiger partial charge in [0.2, 0.25) is 5.78 Å². The highest BCUT2D eigenvalue weighted by Gasteiger charge is 2.13. The van der Waals surface area contributed by atoms with Crippen LogP contribution in [-0.4, -0.2) is 19.2 Å². The molecule has 0 aliphatic heterocycles. The Hall–Kier alpha value is -2.95. The van der Waals surface area contributed by atoms with Crippen molar-refractivity contribution in [3.63, 3.8) is 0 Å². The standard InChI is InChI=1S/C17H14N4O/c1-2-12-7-9-13(10-8-12)21-16(22)14-5-3-4-6-15(14)20-11-18-19-17(20)21/h3-11H,2H2,1H3. The van der Waals surface area contributed by atoms with E-state index in [1.807, 2.05) is 52.9 Å². The topological polar surface area (TPSA) is 52.2 Å². The molecule has 0 unspecified atom stereocenters. The van der Waals surface area contributed by atoms with Gasteiger partial charge in [-0.3, -0.25) is 9.20 Å². The molecular formula is C17H14N4O. The average Bonchev–Trinajstić information content (AvgIpc) is 3.05. The van der Waals surface area contributed by atoms with E-state index in [-0.39, 0.29) is 5.56 Å². The van der Waals surface area contributed by atoms with Gasteiger partial charge >= 0.3 is 0 Å². The van der Waals surface area contributed by atoms with Crippen LogP contribution in [0.3, 0.4) is 0 Å². The number of hydrogen-bond donors (Lipinski definition) is 0. The summed E-state index contributed by atoms with van der Waals surface area (Å²) < 4.78 is 3.44. The molecule has 0 saturated carbocycles. The van der Waals surface area contributed by atoms with Crippen LogP contribution in [0.15, 0.2) is 59.7 Å². The largest absolute Gasteiger partial charge is 0.268 e. The van der Waals surface area contributed by atoms with Gasteiger partial charge < -0.3 is 0 Å². The molecule has 0 fully saturated rings. The van der Waals surface area contributed by atoms with Gasteiger partial charge in [-0.15, -0.1) is 10.2 Å². The molecule has 5 heteroatoms. The van der Waals surface area contributed by atoms with Gasteiger partial charge in [0, 0.05) is 0 Å². The minimum atomic E-state index is -0.0830. The number of para-hydroxylation sites is 1. The van der Waals surface area contributed by atoms with Gasteiger partial charge in [0.05, 0.1) is 16.6 Å². The van der Waals surface area contributed by atoms with Crippen LogP contribution < -0.4 is 5.56 Å². The Kier molecular flexibility index (Phi) is 2.79. The van der Waals surface area contributed by atoms with Crippen molar-refractivity contribution >= 4 is 16.7 Å². The summed E-state index contributed by atoms with van der Waals surface area (Å²) in [6.45, 7) is 2.11. The number of fused-ring (bicyclic) bond motifs is 3. The first-order chi connectivity index (χ1) is 10.8. The van der Waals surface area contributed by atoms with E-state index >= 15 is 0 Å². The second kappa shape index (κ2) is 4.80. The lowest BCUT2D eigenvalue weighted by atomic mass is 10.1. The molecule has 22 heavy (non-hydrogen) atoms. The van der Waals surface area contributed by atoms with Crippen LogP contribution in [0, 0.1) is 0 Å². The number of nitrogens with zero attached hydrogens (tertiary/aromatic N) is 4. The summed E-state index contributed by atoms with van der Waals surface area (Å²) in [5, 5.41) is 8.74. The third-order valence-electron chi connectivity index (χ3n) is 3.93. The highest BCUT2D eigenvalue weighted by molar-refractivity contribution is 5.80. The van der Waals surface area contributed by atoms with E-state index in [2.05, 4.69) is 17.1 Å². The summed E-state index contributed by atoms with van der Waals surface area (Å²) >= 11 is 0. The van der Waals surface area contributed by atoms with Crippen molar-refractivity contribution in [3.05, 3.63) is 70.8 Å². The zero-order chi connectivity index (χ0) is 15.1. The van der Waals surface area contributed by atoms with Gasteiger partial charge in [0.25, 0.3) is 5.56 Å². The monoisotopic (exact) mass is 290 g/mol. The molecule has 0 radical (unpaired) electrons. The van der Waals surface area contributed by atoms with Crippen LogP contribution in [0.25, 0.3) is 22.4 Å². The fourth-order valence-corrected chi connectivity index (χ4v) is 2.74. The fraction of sp³-hybridized carbons (Fsp3) is 0.118. The molecule has 0 spiro atoms. The van der Waals surface area contributed by atoms with E-state index in [9.17, 15) is 4.79 Å². The zero-order valence-electron chi connectivity index (χ0n) is 12.1. The van der Waals surface area contributed by atoms with Crippen molar-refractivity contribution in [1.82, 2.24) is 19.2 Å². The Morgan fingerprint density at radius 2 is 1.82 bits per heavy atom. The summed E-state index contributed by atoms with van der Waals surface area (Å²) in [6.07, 6.45) is 2.60. The molecule has 2 heterocycles. The van der Waals surface area contributed by atoms with Gasteiger partial charge in [0.1, 0.15) is 6.33 Å². The van der Waals surface area contributed by atoms with Crippen LogP contribution in [-0.2, 0) is 6.42 Å². The Morgan fingerprint density at radius 3 is 2.59 bits per heavy atom. The normalized spacial score (nSPS) is 11.3. The molecule has 0 aliphatic carbocycles. The number of aryl methyl sites for hydroxylation is 1. The highest BCUT2D eigenvalue weighted by Crippen LogP contribution is 2.16. The summed E-state index contributed by atoms with van der Waals surface area (Å²) in [6, 6.07) is 15.5. The average molecular weight is 290 g/mol. The van der Waals surface area contributed by atoms with Crippen LogP contribution in [0.1, 0.15) is 12.5 Å². The van der Waals surface area contributed by atoms with E-state index in [4.69, 9.17) is 0 Å². The third kappa shape index (κ3) is 1.75. The Balaban J connectivity index is 2.12. The molecular weight excluding hydrogens is 276 g/mol. The summed E-state index contributed by atoms with van der Waals surface area (Å²) in [4.78, 5) is 12.9. The van der Waals surface area contributed by atoms with Crippen molar-refractivity contribution in [2.24, 2.45) is 0 Å². The van der Waals surface area contributed by atoms with Gasteiger partial charge in [-0.2, -0.15) is 0 Å². The van der Waals surface area contributed by atoms with Gasteiger partial charge in [-0.25, -0.2) is 4.57 Å². The van der Waals surface area contributed by atoms with Crippen molar-refractivity contribution in [3.8, 4) is 5.69 Å². The molecule has 2 aromatic carbocycles. The smallest absolute Gasteiger partial charge is 0.267 e. The van der Waals surface area contributed by atoms with Crippen LogP contribution >= 0.6 is 0 Å². The lowest BCUT2D eigenvalue weighted by molar-refractivity contribution is 0.964. The number of hydrogen-bond acceptors (Lipinski definition) is 3. The molecule has 0 N–H and O–H groups in total. The van der Waals surface area contributed by atoms with E-state index < -0.39 is 0 Å². The second-order valence-electron chi connectivity index (χ2n) is 5.18. The first-order valence-corrected chi connectivity index (χ1v) is 7.22. The van der Waals surface area contributed by atoms with Crippen LogP contribution in [0.5, 0.6) is 0 Å². The van der Waals surface area contributed by atoms with Crippen LogP contribution in [0.4, 0.5) is 0 Å². The predicted octanol–water partition coefficient (Wildman–Crippen LogP) is 2.60. The maximum absolute atomic E-state index is 12.9. The molecule has 2 aromatic heterocycles. The summed E-state index contributed by atoms with van der Waals surface area (Å²) in [7, 11) is 0. The first-order valence-electron chi connectivity index (χ1n) is 7.22. The molecule has 4 aromatic rings. The summed E-state index contributed by atoms with van der Waals surface area (Å²) in [5.74, 6) is 0.521. The Bertz CT molecular complexity index is 1030. The third-order valence-corrected chi connectivity index (χ3v) is 3.93. The van der Waals surface area contributed by atoms with E-state index in [0.717, 1.165) is 17.6 Å². The molecule has 0 aliphatic rings. The van der Waals surface area contributed by atoms with Crippen molar-refractivity contribution < 1.29 is 0 Å². The SMILES string of the molecule is CCc1ccc(-n2c(=O)c3ccccc3n3cnnc23)cc1. The first kappa shape index (κ1) is 12.8. The minimum absolute atomic E-state index is 0.0830. The van der Waals surface area contributed by atoms with Crippen molar-refractivity contribution in [2.45, 2.75) is 13.3 Å². The lowest BCUT2D eigenvalue weighted by Crippen LogP contribution is -2.21. The lowest BCUT2D eigenvalue weighted by Gasteiger charge is -2.10. The molecule has 108 valence electrons. The quantitative estimate of drug-likeness (QED) is 0.570. The van der Waals surface area contributed by atoms with Gasteiger partial charge in [0.15, 0.2) is 0 Å². The van der Waals surface area contributed by atoms with E-state index in [1.165, 1.54) is 5.56 Å². The molecule has 0 bridgehead atoms. The molecule has 0 saturated heterocycles. The highest BCUT2D eigenvalue weighted by atomic mass is 16.1. The number of benzene rings is 2. The molecule has 5 nitrogen and oxygen atoms in total. The second-order valence-corrected chi connectivity index (χ2v) is 5.18. The van der Waals surface area contributed by atoms with E-state index in [0.29, 0.717) is 11.2 Å². The van der Waals surface area contributed by atoms with Gasteiger partial charge in [-0.05, 0) is 36.2 Å². The maximum atomic E-state index is 12.9. The number of aromatic nitrogens is 4. The molecule has 0 amide bonds. The number of rotatable bonds is 2. The molecule has 4 rings (SSSR count). The minimum Gasteiger partial charge on any atom is -0.268 e. The van der Waals surface area contributed by atoms with Crippen molar-refractivity contribution in [2.75, 3.05) is 0 Å². The van der Waals surface area contributed by atoms with Crippen LogP contribution in [0.2, 0.25) is 0 Å². The molecule has 0 atom stereocenters. The van der Waals surface area contributed by atoms with E-state index in [1.54, 1.807) is 10.9 Å². The maximum Gasteiger partial charge on any atom is 0.267 e. The Labute approximate surface area is 126 Å². The Morgan fingerprint density at radius 1 is 1.05 bits per heavy atom. The fourth-order valence-electron chi connectivity index (χ4n) is 2.74. The van der Waals surface area contributed by atoms with Crippen molar-refractivity contribution in [1.29, 1.82) is 0 Å². The summed E-state index contributed by atoms with van der Waals surface area (Å²) in [5.41, 5.74) is 2.76.